The minimum atomic E-state index is -0.371. The third kappa shape index (κ3) is 6.44. The third-order valence-corrected chi connectivity index (χ3v) is 5.55. The highest BCUT2D eigenvalue weighted by Crippen LogP contribution is 2.29. The topological polar surface area (TPSA) is 86.8 Å². The molecule has 1 heterocycles. The number of amides is 1. The molecule has 0 aliphatic heterocycles. The first-order valence-electron chi connectivity index (χ1n) is 8.25. The van der Waals surface area contributed by atoms with Gasteiger partial charge in [0.25, 0.3) is 0 Å². The molecule has 2 aromatic rings. The first kappa shape index (κ1) is 21.0. The van der Waals surface area contributed by atoms with Gasteiger partial charge >= 0.3 is 5.97 Å². The molecule has 1 aromatic carbocycles. The van der Waals surface area contributed by atoms with Gasteiger partial charge in [0.15, 0.2) is 4.34 Å². The van der Waals surface area contributed by atoms with Gasteiger partial charge in [-0.2, -0.15) is 0 Å². The second-order valence-electron chi connectivity index (χ2n) is 5.44. The Balaban J connectivity index is 1.96. The first-order chi connectivity index (χ1) is 12.9. The Labute approximate surface area is 166 Å². The number of nitrogens with one attached hydrogen (secondary N) is 1. The van der Waals surface area contributed by atoms with Crippen LogP contribution < -0.4 is 14.8 Å². The fraction of sp³-hybridized carbons (Fsp3) is 0.389. The zero-order chi connectivity index (χ0) is 19.8. The number of carbonyl (C=O) groups is 2. The molecule has 0 bridgehead atoms. The van der Waals surface area contributed by atoms with E-state index < -0.39 is 0 Å². The highest BCUT2D eigenvalue weighted by molar-refractivity contribution is 8.02. The molecule has 0 fully saturated rings. The quantitative estimate of drug-likeness (QED) is 0.501. The van der Waals surface area contributed by atoms with E-state index in [1.165, 1.54) is 23.1 Å². The second kappa shape index (κ2) is 10.2. The van der Waals surface area contributed by atoms with E-state index in [2.05, 4.69) is 10.3 Å². The predicted octanol–water partition coefficient (Wildman–Crippen LogP) is 3.39. The van der Waals surface area contributed by atoms with Gasteiger partial charge in [-0.25, -0.2) is 4.98 Å². The lowest BCUT2D eigenvalue weighted by Gasteiger charge is -2.12. The van der Waals surface area contributed by atoms with Gasteiger partial charge in [0.2, 0.25) is 5.91 Å². The summed E-state index contributed by atoms with van der Waals surface area (Å²) in [4.78, 5) is 28.4. The van der Waals surface area contributed by atoms with Crippen LogP contribution in [0.25, 0.3) is 0 Å². The van der Waals surface area contributed by atoms with Crippen LogP contribution in [0.3, 0.4) is 0 Å². The van der Waals surface area contributed by atoms with E-state index in [1.807, 2.05) is 0 Å². The molecule has 1 aromatic heterocycles. The van der Waals surface area contributed by atoms with Crippen LogP contribution in [-0.4, -0.2) is 42.9 Å². The summed E-state index contributed by atoms with van der Waals surface area (Å²) in [7, 11) is 3.10. The van der Waals surface area contributed by atoms with Crippen LogP contribution in [0.5, 0.6) is 11.5 Å². The molecule has 27 heavy (non-hydrogen) atoms. The van der Waals surface area contributed by atoms with Gasteiger partial charge < -0.3 is 19.5 Å². The highest BCUT2D eigenvalue weighted by atomic mass is 32.2. The molecule has 7 nitrogen and oxygen atoms in total. The molecule has 1 unspecified atom stereocenters. The molecule has 1 N–H and O–H groups in total. The Hall–Kier alpha value is -2.26. The number of methoxy groups -OCH3 is 2. The van der Waals surface area contributed by atoms with Crippen LogP contribution >= 0.6 is 23.1 Å². The number of hydrogen-bond donors (Lipinski definition) is 1. The standard InChI is InChI=1S/C18H22N2O5S2/c1-5-25-16(21)8-13-10-26-18(20-13)27-11(2)17(22)19-12-6-14(23-3)9-15(7-12)24-4/h6-7,9-11H,5,8H2,1-4H3,(H,19,22). The zero-order valence-corrected chi connectivity index (χ0v) is 17.2. The molecule has 146 valence electrons. The number of benzene rings is 1. The van der Waals surface area contributed by atoms with Gasteiger partial charge in [0.1, 0.15) is 11.5 Å². The van der Waals surface area contributed by atoms with Crippen molar-refractivity contribution in [2.45, 2.75) is 29.9 Å². The minimum absolute atomic E-state index is 0.134. The van der Waals surface area contributed by atoms with E-state index in [0.29, 0.717) is 29.5 Å². The van der Waals surface area contributed by atoms with E-state index in [0.717, 1.165) is 4.34 Å². The van der Waals surface area contributed by atoms with Crippen molar-refractivity contribution in [1.82, 2.24) is 4.98 Å². The zero-order valence-electron chi connectivity index (χ0n) is 15.6. The molecular weight excluding hydrogens is 388 g/mol. The Morgan fingerprint density at radius 2 is 1.89 bits per heavy atom. The fourth-order valence-corrected chi connectivity index (χ4v) is 4.09. The summed E-state index contributed by atoms with van der Waals surface area (Å²) in [6.45, 7) is 3.90. The first-order valence-corrected chi connectivity index (χ1v) is 10.0. The number of rotatable bonds is 9. The fourth-order valence-electron chi connectivity index (χ4n) is 2.11. The van der Waals surface area contributed by atoms with Crippen molar-refractivity contribution in [2.24, 2.45) is 0 Å². The molecule has 0 saturated carbocycles. The van der Waals surface area contributed by atoms with Crippen molar-refractivity contribution in [1.29, 1.82) is 0 Å². The molecule has 0 aliphatic carbocycles. The summed E-state index contributed by atoms with van der Waals surface area (Å²) in [6, 6.07) is 5.17. The molecule has 2 rings (SSSR count). The number of ether oxygens (including phenoxy) is 3. The van der Waals surface area contributed by atoms with Crippen LogP contribution in [-0.2, 0) is 20.7 Å². The molecule has 9 heteroatoms. The normalized spacial score (nSPS) is 11.6. The Morgan fingerprint density at radius 1 is 1.22 bits per heavy atom. The van der Waals surface area contributed by atoms with Crippen molar-refractivity contribution < 1.29 is 23.8 Å². The average molecular weight is 411 g/mol. The maximum atomic E-state index is 12.5. The largest absolute Gasteiger partial charge is 0.497 e. The number of nitrogens with zero attached hydrogens (tertiary/aromatic N) is 1. The second-order valence-corrected chi connectivity index (χ2v) is 7.88. The average Bonchev–Trinajstić information content (AvgIpc) is 3.07. The Morgan fingerprint density at radius 3 is 2.48 bits per heavy atom. The van der Waals surface area contributed by atoms with E-state index >= 15 is 0 Å². The molecule has 1 amide bonds. The number of hydrogen-bond acceptors (Lipinski definition) is 8. The van der Waals surface area contributed by atoms with Crippen molar-refractivity contribution in [3.8, 4) is 11.5 Å². The highest BCUT2D eigenvalue weighted by Gasteiger charge is 2.18. The van der Waals surface area contributed by atoms with E-state index in [4.69, 9.17) is 14.2 Å². The van der Waals surface area contributed by atoms with Crippen LogP contribution in [0.15, 0.2) is 27.9 Å². The number of thiazole rings is 1. The van der Waals surface area contributed by atoms with E-state index in [1.54, 1.807) is 51.6 Å². The van der Waals surface area contributed by atoms with Gasteiger partial charge in [-0.05, 0) is 13.8 Å². The van der Waals surface area contributed by atoms with Crippen LogP contribution in [0.4, 0.5) is 5.69 Å². The number of carbonyl (C=O) groups excluding carboxylic acids is 2. The van der Waals surface area contributed by atoms with Crippen LogP contribution in [0.1, 0.15) is 19.5 Å². The molecule has 1 atom stereocenters. The van der Waals surface area contributed by atoms with Gasteiger partial charge in [0.05, 0.1) is 38.2 Å². The summed E-state index contributed by atoms with van der Waals surface area (Å²) < 4.78 is 16.0. The lowest BCUT2D eigenvalue weighted by atomic mass is 10.2. The van der Waals surface area contributed by atoms with Gasteiger partial charge in [-0.1, -0.05) is 11.8 Å². The summed E-state index contributed by atoms with van der Waals surface area (Å²) in [6.07, 6.45) is 0.134. The van der Waals surface area contributed by atoms with Crippen molar-refractivity contribution in [3.05, 3.63) is 29.3 Å². The molecular formula is C18H22N2O5S2. The minimum Gasteiger partial charge on any atom is -0.497 e. The van der Waals surface area contributed by atoms with E-state index in [9.17, 15) is 9.59 Å². The lowest BCUT2D eigenvalue weighted by molar-refractivity contribution is -0.142. The molecule has 0 saturated heterocycles. The van der Waals surface area contributed by atoms with Gasteiger partial charge in [-0.15, -0.1) is 11.3 Å². The summed E-state index contributed by atoms with van der Waals surface area (Å²) in [5.41, 5.74) is 1.23. The van der Waals surface area contributed by atoms with Crippen LogP contribution in [0.2, 0.25) is 0 Å². The lowest BCUT2D eigenvalue weighted by Crippen LogP contribution is -2.22. The van der Waals surface area contributed by atoms with Crippen molar-refractivity contribution in [2.75, 3.05) is 26.1 Å². The summed E-state index contributed by atoms with van der Waals surface area (Å²) in [5.74, 6) is 0.705. The Kier molecular flexibility index (Phi) is 7.93. The van der Waals surface area contributed by atoms with Crippen LogP contribution in [0, 0.1) is 0 Å². The maximum Gasteiger partial charge on any atom is 0.311 e. The SMILES string of the molecule is CCOC(=O)Cc1csc(SC(C)C(=O)Nc2cc(OC)cc(OC)c2)n1. The smallest absolute Gasteiger partial charge is 0.311 e. The van der Waals surface area contributed by atoms with Crippen molar-refractivity contribution in [3.63, 3.8) is 0 Å². The number of aromatic nitrogens is 1. The monoisotopic (exact) mass is 410 g/mol. The number of anilines is 1. The van der Waals surface area contributed by atoms with E-state index in [-0.39, 0.29) is 23.5 Å². The van der Waals surface area contributed by atoms with Crippen molar-refractivity contribution >= 4 is 40.7 Å². The summed E-state index contributed by atoms with van der Waals surface area (Å²) >= 11 is 2.73. The maximum absolute atomic E-state index is 12.5. The van der Waals surface area contributed by atoms with Gasteiger partial charge in [0, 0.05) is 29.3 Å². The third-order valence-electron chi connectivity index (χ3n) is 3.43. The predicted molar refractivity (Wildman–Crippen MR) is 106 cm³/mol. The molecule has 0 aliphatic rings. The van der Waals surface area contributed by atoms with Gasteiger partial charge in [-0.3, -0.25) is 9.59 Å². The Bertz CT molecular complexity index is 772. The molecule has 0 radical (unpaired) electrons. The number of thioether (sulfide) groups is 1. The molecule has 0 spiro atoms. The number of esters is 1. The summed E-state index contributed by atoms with van der Waals surface area (Å²) in [5, 5.41) is 4.28.